The van der Waals surface area contributed by atoms with E-state index >= 15 is 0 Å². The first-order valence-electron chi connectivity index (χ1n) is 5.63. The maximum Gasteiger partial charge on any atom is 0.229 e. The lowest BCUT2D eigenvalue weighted by molar-refractivity contribution is -0.148. The van der Waals surface area contributed by atoms with Crippen LogP contribution in [0.15, 0.2) is 0 Å². The molecular formula is C11H19NO2S. The van der Waals surface area contributed by atoms with Gasteiger partial charge in [0.25, 0.3) is 0 Å². The summed E-state index contributed by atoms with van der Waals surface area (Å²) in [6, 6.07) is 0. The van der Waals surface area contributed by atoms with Gasteiger partial charge in [-0.25, -0.2) is 0 Å². The van der Waals surface area contributed by atoms with Crippen LogP contribution in [-0.2, 0) is 9.59 Å². The maximum atomic E-state index is 11.5. The van der Waals surface area contributed by atoms with E-state index in [1.54, 1.807) is 0 Å². The minimum absolute atomic E-state index is 0.00543. The zero-order valence-electron chi connectivity index (χ0n) is 9.24. The Hall–Kier alpha value is -0.510. The lowest BCUT2D eigenvalue weighted by atomic mass is 10.0. The zero-order chi connectivity index (χ0) is 11.3. The van der Waals surface area contributed by atoms with Crippen molar-refractivity contribution in [2.45, 2.75) is 39.0 Å². The molecule has 2 amide bonds. The van der Waals surface area contributed by atoms with Crippen LogP contribution in [0.5, 0.6) is 0 Å². The predicted octanol–water partition coefficient (Wildman–Crippen LogP) is 1.87. The van der Waals surface area contributed by atoms with Gasteiger partial charge in [-0.2, -0.15) is 12.6 Å². The van der Waals surface area contributed by atoms with E-state index < -0.39 is 0 Å². The van der Waals surface area contributed by atoms with Gasteiger partial charge in [0.15, 0.2) is 0 Å². The molecule has 1 atom stereocenters. The van der Waals surface area contributed by atoms with Crippen LogP contribution >= 0.6 is 12.6 Å². The molecule has 1 rings (SSSR count). The van der Waals surface area contributed by atoms with Crippen LogP contribution in [0.25, 0.3) is 0 Å². The van der Waals surface area contributed by atoms with E-state index in [1.165, 1.54) is 4.90 Å². The van der Waals surface area contributed by atoms with Gasteiger partial charge in [-0.15, -0.1) is 0 Å². The quantitative estimate of drug-likeness (QED) is 0.577. The van der Waals surface area contributed by atoms with Crippen molar-refractivity contribution >= 4 is 24.4 Å². The Morgan fingerprint density at radius 3 is 2.40 bits per heavy atom. The van der Waals surface area contributed by atoms with Gasteiger partial charge in [-0.1, -0.05) is 13.3 Å². The number of piperidine rings is 1. The van der Waals surface area contributed by atoms with Crippen molar-refractivity contribution in [1.29, 1.82) is 0 Å². The second-order valence-corrected chi connectivity index (χ2v) is 4.45. The summed E-state index contributed by atoms with van der Waals surface area (Å²) in [6.45, 7) is 2.67. The molecule has 1 unspecified atom stereocenters. The Balaban J connectivity index is 2.52. The summed E-state index contributed by atoms with van der Waals surface area (Å²) in [5.74, 6) is 1.08. The van der Waals surface area contributed by atoms with Crippen molar-refractivity contribution < 1.29 is 9.59 Å². The highest BCUT2D eigenvalue weighted by atomic mass is 32.1. The molecule has 86 valence electrons. The molecule has 15 heavy (non-hydrogen) atoms. The first kappa shape index (κ1) is 12.6. The highest BCUT2D eigenvalue weighted by Gasteiger charge is 2.27. The molecule has 1 aliphatic rings. The monoisotopic (exact) mass is 229 g/mol. The normalized spacial score (nSPS) is 19.5. The van der Waals surface area contributed by atoms with Crippen molar-refractivity contribution in [2.24, 2.45) is 5.92 Å². The van der Waals surface area contributed by atoms with E-state index in [4.69, 9.17) is 0 Å². The van der Waals surface area contributed by atoms with Crippen molar-refractivity contribution in [3.05, 3.63) is 0 Å². The molecule has 1 saturated heterocycles. The van der Waals surface area contributed by atoms with Crippen LogP contribution in [0.3, 0.4) is 0 Å². The van der Waals surface area contributed by atoms with Gasteiger partial charge in [0, 0.05) is 19.4 Å². The van der Waals surface area contributed by atoms with Crippen LogP contribution in [0, 0.1) is 5.92 Å². The molecule has 0 aromatic heterocycles. The fourth-order valence-corrected chi connectivity index (χ4v) is 2.21. The number of hydrogen-bond acceptors (Lipinski definition) is 3. The molecule has 0 bridgehead atoms. The SMILES string of the molecule is CCCC(CS)CN1C(=O)CCCC1=O. The van der Waals surface area contributed by atoms with Gasteiger partial charge in [-0.05, 0) is 24.5 Å². The van der Waals surface area contributed by atoms with Gasteiger partial charge in [0.2, 0.25) is 11.8 Å². The Bertz CT molecular complexity index is 227. The average Bonchev–Trinajstić information content (AvgIpc) is 2.22. The Labute approximate surface area is 96.6 Å². The smallest absolute Gasteiger partial charge is 0.229 e. The Morgan fingerprint density at radius 2 is 1.93 bits per heavy atom. The van der Waals surface area contributed by atoms with E-state index in [2.05, 4.69) is 19.6 Å². The summed E-state index contributed by atoms with van der Waals surface area (Å²) in [5.41, 5.74) is 0. The lowest BCUT2D eigenvalue weighted by Gasteiger charge is -2.28. The first-order chi connectivity index (χ1) is 7.19. The number of likely N-dealkylation sites (tertiary alicyclic amines) is 1. The molecule has 0 N–H and O–H groups in total. The molecule has 0 spiro atoms. The summed E-state index contributed by atoms with van der Waals surface area (Å²) >= 11 is 4.26. The maximum absolute atomic E-state index is 11.5. The van der Waals surface area contributed by atoms with Crippen molar-refractivity contribution in [1.82, 2.24) is 4.90 Å². The Kier molecular flexibility index (Phi) is 5.15. The van der Waals surface area contributed by atoms with E-state index in [9.17, 15) is 9.59 Å². The Morgan fingerprint density at radius 1 is 1.33 bits per heavy atom. The zero-order valence-corrected chi connectivity index (χ0v) is 10.1. The van der Waals surface area contributed by atoms with Gasteiger partial charge in [0.1, 0.15) is 0 Å². The predicted molar refractivity (Wildman–Crippen MR) is 62.8 cm³/mol. The number of carbonyl (C=O) groups is 2. The summed E-state index contributed by atoms with van der Waals surface area (Å²) in [5, 5.41) is 0. The lowest BCUT2D eigenvalue weighted by Crippen LogP contribution is -2.43. The minimum atomic E-state index is -0.00543. The fourth-order valence-electron chi connectivity index (χ4n) is 1.91. The highest BCUT2D eigenvalue weighted by molar-refractivity contribution is 7.80. The van der Waals surface area contributed by atoms with Crippen LogP contribution in [0.1, 0.15) is 39.0 Å². The summed E-state index contributed by atoms with van der Waals surface area (Å²) in [7, 11) is 0. The molecular weight excluding hydrogens is 210 g/mol. The molecule has 3 nitrogen and oxygen atoms in total. The first-order valence-corrected chi connectivity index (χ1v) is 6.26. The number of amides is 2. The second-order valence-electron chi connectivity index (χ2n) is 4.09. The van der Waals surface area contributed by atoms with Crippen molar-refractivity contribution in [2.75, 3.05) is 12.3 Å². The number of rotatable bonds is 5. The third-order valence-corrected chi connectivity index (χ3v) is 3.30. The molecule has 0 aliphatic carbocycles. The van der Waals surface area contributed by atoms with Gasteiger partial charge in [0.05, 0.1) is 0 Å². The van der Waals surface area contributed by atoms with E-state index in [1.807, 2.05) is 0 Å². The standard InChI is InChI=1S/C11H19NO2S/c1-2-4-9(8-15)7-12-10(13)5-3-6-11(12)14/h9,15H,2-8H2,1H3. The van der Waals surface area contributed by atoms with Gasteiger partial charge >= 0.3 is 0 Å². The van der Waals surface area contributed by atoms with Crippen LogP contribution in [0.4, 0.5) is 0 Å². The van der Waals surface area contributed by atoms with Crippen molar-refractivity contribution in [3.8, 4) is 0 Å². The third kappa shape index (κ3) is 3.52. The van der Waals surface area contributed by atoms with Crippen molar-refractivity contribution in [3.63, 3.8) is 0 Å². The summed E-state index contributed by atoms with van der Waals surface area (Å²) < 4.78 is 0. The van der Waals surface area contributed by atoms with Crippen LogP contribution in [-0.4, -0.2) is 29.0 Å². The molecule has 0 aromatic carbocycles. The molecule has 0 aromatic rings. The number of nitrogens with zero attached hydrogens (tertiary/aromatic N) is 1. The van der Waals surface area contributed by atoms with E-state index in [0.717, 1.165) is 18.6 Å². The van der Waals surface area contributed by atoms with Gasteiger partial charge in [-0.3, -0.25) is 14.5 Å². The van der Waals surface area contributed by atoms with Crippen LogP contribution < -0.4 is 0 Å². The molecule has 1 fully saturated rings. The molecule has 1 heterocycles. The topological polar surface area (TPSA) is 37.4 Å². The van der Waals surface area contributed by atoms with E-state index in [0.29, 0.717) is 31.7 Å². The number of carbonyl (C=O) groups excluding carboxylic acids is 2. The fraction of sp³-hybridized carbons (Fsp3) is 0.818. The highest BCUT2D eigenvalue weighted by Crippen LogP contribution is 2.17. The average molecular weight is 229 g/mol. The molecule has 4 heteroatoms. The molecule has 0 radical (unpaired) electrons. The minimum Gasteiger partial charge on any atom is -0.282 e. The van der Waals surface area contributed by atoms with Crippen LogP contribution in [0.2, 0.25) is 0 Å². The van der Waals surface area contributed by atoms with Gasteiger partial charge < -0.3 is 0 Å². The number of imide groups is 1. The second kappa shape index (κ2) is 6.16. The summed E-state index contributed by atoms with van der Waals surface area (Å²) in [4.78, 5) is 24.5. The van der Waals surface area contributed by atoms with E-state index in [-0.39, 0.29) is 11.8 Å². The number of hydrogen-bond donors (Lipinski definition) is 1. The third-order valence-electron chi connectivity index (χ3n) is 2.78. The largest absolute Gasteiger partial charge is 0.282 e. The molecule has 1 aliphatic heterocycles. The number of thiol groups is 1. The summed E-state index contributed by atoms with van der Waals surface area (Å²) in [6.07, 6.45) is 3.86. The molecule has 0 saturated carbocycles.